The van der Waals surface area contributed by atoms with Gasteiger partial charge in [0.1, 0.15) is 17.8 Å². The largest absolute Gasteiger partial charge is 0.339 e. The average molecular weight is 353 g/mol. The molecule has 3 rings (SSSR count). The number of aryl methyl sites for hydroxylation is 1. The molecule has 6 heteroatoms. The lowest BCUT2D eigenvalue weighted by atomic mass is 10.1. The van der Waals surface area contributed by atoms with Crippen LogP contribution in [0.2, 0.25) is 5.02 Å². The third-order valence-electron chi connectivity index (χ3n) is 3.68. The van der Waals surface area contributed by atoms with Gasteiger partial charge >= 0.3 is 0 Å². The molecule has 1 heterocycles. The van der Waals surface area contributed by atoms with Crippen molar-refractivity contribution in [1.29, 1.82) is 0 Å². The van der Waals surface area contributed by atoms with Crippen LogP contribution in [0.5, 0.6) is 0 Å². The van der Waals surface area contributed by atoms with Gasteiger partial charge in [-0.2, -0.15) is 0 Å². The molecular formula is C19H17ClN4O. The van der Waals surface area contributed by atoms with Gasteiger partial charge in [0, 0.05) is 11.8 Å². The molecule has 0 aliphatic carbocycles. The van der Waals surface area contributed by atoms with Crippen LogP contribution in [0.4, 0.5) is 17.2 Å². The number of carbonyl (C=O) groups excluding carboxylic acids is 1. The van der Waals surface area contributed by atoms with E-state index in [1.165, 1.54) is 6.33 Å². The number of nitrogens with one attached hydrogen (secondary N) is 2. The van der Waals surface area contributed by atoms with Gasteiger partial charge in [-0.25, -0.2) is 9.97 Å². The highest BCUT2D eigenvalue weighted by atomic mass is 35.5. The Labute approximate surface area is 151 Å². The fraction of sp³-hybridized carbons (Fsp3) is 0.105. The second-order valence-corrected chi connectivity index (χ2v) is 5.77. The maximum absolute atomic E-state index is 12.5. The molecule has 5 nitrogen and oxygen atoms in total. The first kappa shape index (κ1) is 16.9. The summed E-state index contributed by atoms with van der Waals surface area (Å²) in [5.41, 5.74) is 2.84. The van der Waals surface area contributed by atoms with Crippen LogP contribution >= 0.6 is 11.6 Å². The standard InChI is InChI=1S/C19H17ClN4O/c1-2-13-7-3-5-9-15(13)24-19(25)17-11-18(22-12-21-17)23-16-10-6-4-8-14(16)20/h3-12H,2H2,1H3,(H,24,25)(H,21,22,23). The minimum atomic E-state index is -0.287. The van der Waals surface area contributed by atoms with Crippen molar-refractivity contribution >= 4 is 34.7 Å². The summed E-state index contributed by atoms with van der Waals surface area (Å²) in [6.45, 7) is 2.04. The van der Waals surface area contributed by atoms with Gasteiger partial charge in [-0.1, -0.05) is 48.9 Å². The summed E-state index contributed by atoms with van der Waals surface area (Å²) < 4.78 is 0. The highest BCUT2D eigenvalue weighted by Crippen LogP contribution is 2.24. The molecule has 0 spiro atoms. The van der Waals surface area contributed by atoms with Gasteiger partial charge in [-0.3, -0.25) is 4.79 Å². The highest BCUT2D eigenvalue weighted by Gasteiger charge is 2.11. The number of anilines is 3. The van der Waals surface area contributed by atoms with E-state index in [0.717, 1.165) is 17.7 Å². The van der Waals surface area contributed by atoms with Crippen LogP contribution in [0.25, 0.3) is 0 Å². The van der Waals surface area contributed by atoms with Gasteiger partial charge in [0.25, 0.3) is 5.91 Å². The fourth-order valence-electron chi connectivity index (χ4n) is 2.39. The summed E-state index contributed by atoms with van der Waals surface area (Å²) in [4.78, 5) is 20.7. The third-order valence-corrected chi connectivity index (χ3v) is 4.01. The summed E-state index contributed by atoms with van der Waals surface area (Å²) >= 11 is 6.13. The minimum absolute atomic E-state index is 0.274. The Kier molecular flexibility index (Phi) is 5.26. The predicted octanol–water partition coefficient (Wildman–Crippen LogP) is 4.69. The summed E-state index contributed by atoms with van der Waals surface area (Å²) in [5.74, 6) is 0.211. The highest BCUT2D eigenvalue weighted by molar-refractivity contribution is 6.33. The number of hydrogen-bond acceptors (Lipinski definition) is 4. The van der Waals surface area contributed by atoms with E-state index in [0.29, 0.717) is 16.5 Å². The molecular weight excluding hydrogens is 336 g/mol. The molecule has 25 heavy (non-hydrogen) atoms. The quantitative estimate of drug-likeness (QED) is 0.699. The zero-order valence-corrected chi connectivity index (χ0v) is 14.4. The molecule has 0 fully saturated rings. The van der Waals surface area contributed by atoms with Gasteiger partial charge in [0.2, 0.25) is 0 Å². The van der Waals surface area contributed by atoms with Crippen LogP contribution in [0, 0.1) is 0 Å². The Morgan fingerprint density at radius 3 is 2.52 bits per heavy atom. The van der Waals surface area contributed by atoms with Crippen molar-refractivity contribution in [3.63, 3.8) is 0 Å². The lowest BCUT2D eigenvalue weighted by Crippen LogP contribution is -2.15. The molecule has 0 aliphatic rings. The van der Waals surface area contributed by atoms with Crippen LogP contribution in [-0.2, 0) is 6.42 Å². The summed E-state index contributed by atoms with van der Waals surface area (Å²) in [5, 5.41) is 6.56. The van der Waals surface area contributed by atoms with E-state index in [-0.39, 0.29) is 11.6 Å². The van der Waals surface area contributed by atoms with Gasteiger partial charge in [-0.05, 0) is 30.2 Å². The number of halogens is 1. The summed E-state index contributed by atoms with van der Waals surface area (Å²) in [7, 11) is 0. The number of hydrogen-bond donors (Lipinski definition) is 2. The molecule has 1 amide bonds. The zero-order valence-electron chi connectivity index (χ0n) is 13.7. The number of rotatable bonds is 5. The molecule has 0 saturated heterocycles. The molecule has 2 N–H and O–H groups in total. The van der Waals surface area contributed by atoms with Crippen molar-refractivity contribution in [2.24, 2.45) is 0 Å². The lowest BCUT2D eigenvalue weighted by Gasteiger charge is -2.10. The Bertz CT molecular complexity index is 898. The first-order chi connectivity index (χ1) is 12.2. The average Bonchev–Trinajstić information content (AvgIpc) is 2.64. The SMILES string of the molecule is CCc1ccccc1NC(=O)c1cc(Nc2ccccc2Cl)ncn1. The number of aromatic nitrogens is 2. The van der Waals surface area contributed by atoms with Crippen molar-refractivity contribution in [1.82, 2.24) is 9.97 Å². The molecule has 0 atom stereocenters. The van der Waals surface area contributed by atoms with Crippen molar-refractivity contribution < 1.29 is 4.79 Å². The Morgan fingerprint density at radius 2 is 1.76 bits per heavy atom. The van der Waals surface area contributed by atoms with Gasteiger partial charge < -0.3 is 10.6 Å². The number of nitrogens with zero attached hydrogens (tertiary/aromatic N) is 2. The molecule has 0 aliphatic heterocycles. The molecule has 3 aromatic rings. The van der Waals surface area contributed by atoms with E-state index in [1.807, 2.05) is 49.4 Å². The van der Waals surface area contributed by atoms with Crippen molar-refractivity contribution in [2.45, 2.75) is 13.3 Å². The number of carbonyl (C=O) groups is 1. The predicted molar refractivity (Wildman–Crippen MR) is 101 cm³/mol. The third kappa shape index (κ3) is 4.14. The molecule has 0 radical (unpaired) electrons. The zero-order chi connectivity index (χ0) is 17.6. The van der Waals surface area contributed by atoms with E-state index >= 15 is 0 Å². The maximum atomic E-state index is 12.5. The lowest BCUT2D eigenvalue weighted by molar-refractivity contribution is 0.102. The van der Waals surface area contributed by atoms with Crippen LogP contribution in [0.1, 0.15) is 23.0 Å². The van der Waals surface area contributed by atoms with Crippen molar-refractivity contribution in [3.05, 3.63) is 77.2 Å². The first-order valence-corrected chi connectivity index (χ1v) is 8.28. The monoisotopic (exact) mass is 352 g/mol. The van der Waals surface area contributed by atoms with Crippen molar-refractivity contribution in [3.8, 4) is 0 Å². The van der Waals surface area contributed by atoms with E-state index in [4.69, 9.17) is 11.6 Å². The maximum Gasteiger partial charge on any atom is 0.274 e. The minimum Gasteiger partial charge on any atom is -0.339 e. The molecule has 126 valence electrons. The van der Waals surface area contributed by atoms with Gasteiger partial charge in [-0.15, -0.1) is 0 Å². The Balaban J connectivity index is 1.79. The topological polar surface area (TPSA) is 66.9 Å². The number of benzene rings is 2. The Hall–Kier alpha value is -2.92. The number of amides is 1. The van der Waals surface area contributed by atoms with E-state index in [9.17, 15) is 4.79 Å². The van der Waals surface area contributed by atoms with Crippen molar-refractivity contribution in [2.75, 3.05) is 10.6 Å². The number of para-hydroxylation sites is 2. The van der Waals surface area contributed by atoms with Crippen LogP contribution < -0.4 is 10.6 Å². The van der Waals surface area contributed by atoms with E-state index in [2.05, 4.69) is 20.6 Å². The second kappa shape index (κ2) is 7.77. The van der Waals surface area contributed by atoms with Crippen LogP contribution in [0.3, 0.4) is 0 Å². The second-order valence-electron chi connectivity index (χ2n) is 5.36. The van der Waals surface area contributed by atoms with Crippen LogP contribution in [-0.4, -0.2) is 15.9 Å². The first-order valence-electron chi connectivity index (χ1n) is 7.90. The summed E-state index contributed by atoms with van der Waals surface area (Å²) in [6, 6.07) is 16.6. The molecule has 0 saturated carbocycles. The Morgan fingerprint density at radius 1 is 1.04 bits per heavy atom. The van der Waals surface area contributed by atoms with E-state index in [1.54, 1.807) is 12.1 Å². The normalized spacial score (nSPS) is 10.3. The summed E-state index contributed by atoms with van der Waals surface area (Å²) in [6.07, 6.45) is 2.18. The van der Waals surface area contributed by atoms with Crippen LogP contribution in [0.15, 0.2) is 60.9 Å². The molecule has 0 bridgehead atoms. The fourth-order valence-corrected chi connectivity index (χ4v) is 2.57. The molecule has 2 aromatic carbocycles. The van der Waals surface area contributed by atoms with E-state index < -0.39 is 0 Å². The molecule has 1 aromatic heterocycles. The van der Waals surface area contributed by atoms with Gasteiger partial charge in [0.15, 0.2) is 0 Å². The smallest absolute Gasteiger partial charge is 0.274 e. The molecule has 0 unspecified atom stereocenters. The van der Waals surface area contributed by atoms with Gasteiger partial charge in [0.05, 0.1) is 10.7 Å².